The molecule has 0 amide bonds. The van der Waals surface area contributed by atoms with Gasteiger partial charge in [-0.1, -0.05) is 67.6 Å². The molecule has 4 heteroatoms. The first kappa shape index (κ1) is 19.9. The van der Waals surface area contributed by atoms with Crippen LogP contribution in [0.25, 0.3) is 10.8 Å². The highest BCUT2D eigenvalue weighted by Gasteiger charge is 2.41. The van der Waals surface area contributed by atoms with Crippen LogP contribution < -0.4 is 9.47 Å². The fourth-order valence-corrected chi connectivity index (χ4v) is 4.84. The lowest BCUT2D eigenvalue weighted by molar-refractivity contribution is -0.0190. The van der Waals surface area contributed by atoms with Crippen molar-refractivity contribution in [1.82, 2.24) is 5.01 Å². The van der Waals surface area contributed by atoms with Crippen LogP contribution >= 0.6 is 0 Å². The quantitative estimate of drug-likeness (QED) is 0.344. The van der Waals surface area contributed by atoms with Gasteiger partial charge >= 0.3 is 0 Å². The summed E-state index contributed by atoms with van der Waals surface area (Å²) in [5, 5.41) is 9.77. The molecule has 164 valence electrons. The normalized spacial score (nSPS) is 18.9. The number of nitrogens with zero attached hydrogens (tertiary/aromatic N) is 2. The molecular weight excluding hydrogens is 408 g/mol. The average molecular weight is 435 g/mol. The molecule has 0 spiro atoms. The molecule has 2 atom stereocenters. The second kappa shape index (κ2) is 8.28. The average Bonchev–Trinajstić information content (AvgIpc) is 3.33. The third-order valence-corrected chi connectivity index (χ3v) is 6.44. The number of rotatable bonds is 5. The maximum absolute atomic E-state index is 6.50. The van der Waals surface area contributed by atoms with Gasteiger partial charge in [0.05, 0.1) is 18.4 Å². The van der Waals surface area contributed by atoms with Crippen molar-refractivity contribution in [1.29, 1.82) is 0 Å². The second-order valence-electron chi connectivity index (χ2n) is 8.60. The lowest BCUT2D eigenvalue weighted by atomic mass is 9.93. The van der Waals surface area contributed by atoms with Gasteiger partial charge in [0, 0.05) is 23.1 Å². The van der Waals surface area contributed by atoms with Crippen LogP contribution in [0.2, 0.25) is 0 Å². The first-order chi connectivity index (χ1) is 16.3. The van der Waals surface area contributed by atoms with Crippen LogP contribution in [0.4, 0.5) is 0 Å². The van der Waals surface area contributed by atoms with Crippen LogP contribution in [-0.4, -0.2) is 17.3 Å². The fraction of sp³-hybridized carbons (Fsp3) is 0.207. The van der Waals surface area contributed by atoms with Crippen molar-refractivity contribution < 1.29 is 9.47 Å². The molecule has 0 saturated carbocycles. The predicted octanol–water partition coefficient (Wildman–Crippen LogP) is 6.87. The first-order valence-corrected chi connectivity index (χ1v) is 11.6. The summed E-state index contributed by atoms with van der Waals surface area (Å²) in [6.07, 6.45) is 1.56. The number of hydrazone groups is 1. The van der Waals surface area contributed by atoms with Crippen LogP contribution in [0.5, 0.6) is 11.5 Å². The van der Waals surface area contributed by atoms with E-state index in [1.165, 1.54) is 21.9 Å². The molecule has 33 heavy (non-hydrogen) atoms. The summed E-state index contributed by atoms with van der Waals surface area (Å²) in [4.78, 5) is 0. The Labute approximate surface area is 194 Å². The molecule has 2 aliphatic heterocycles. The molecule has 4 aromatic carbocycles. The van der Waals surface area contributed by atoms with E-state index in [0.29, 0.717) is 0 Å². The molecule has 0 fully saturated rings. The van der Waals surface area contributed by atoms with Gasteiger partial charge in [0.15, 0.2) is 0 Å². The molecule has 0 radical (unpaired) electrons. The van der Waals surface area contributed by atoms with E-state index in [9.17, 15) is 0 Å². The van der Waals surface area contributed by atoms with Crippen LogP contribution in [0, 0.1) is 0 Å². The third-order valence-electron chi connectivity index (χ3n) is 6.44. The van der Waals surface area contributed by atoms with E-state index in [0.717, 1.165) is 42.2 Å². The van der Waals surface area contributed by atoms with E-state index < -0.39 is 0 Å². The molecule has 4 aromatic rings. The molecule has 2 heterocycles. The minimum atomic E-state index is -0.280. The van der Waals surface area contributed by atoms with Gasteiger partial charge in [-0.05, 0) is 47.5 Å². The summed E-state index contributed by atoms with van der Waals surface area (Å²) in [7, 11) is 0. The maximum atomic E-state index is 6.50. The summed E-state index contributed by atoms with van der Waals surface area (Å²) in [6.45, 7) is 2.83. The van der Waals surface area contributed by atoms with Crippen LogP contribution in [0.3, 0.4) is 0 Å². The monoisotopic (exact) mass is 434 g/mol. The molecule has 0 aromatic heterocycles. The smallest absolute Gasteiger partial charge is 0.213 e. The Balaban J connectivity index is 1.41. The van der Waals surface area contributed by atoms with E-state index in [1.54, 1.807) is 0 Å². The largest absolute Gasteiger partial charge is 0.494 e. The number of ether oxygens (including phenoxy) is 2. The standard InChI is InChI=1S/C29H26N2O2/c1-2-18-32-22-16-14-21(15-17-22)29-31-27(25-11-5-6-13-28(25)33-29)19-26(30-31)24-12-7-9-20-8-3-4-10-23(20)24/h3-17,27,29H,2,18-19H2,1H3/t27-,29-/m1/s1. The molecular formula is C29H26N2O2. The van der Waals surface area contributed by atoms with Crippen LogP contribution in [-0.2, 0) is 0 Å². The fourth-order valence-electron chi connectivity index (χ4n) is 4.84. The number of hydrogen-bond acceptors (Lipinski definition) is 4. The van der Waals surface area contributed by atoms with Crippen molar-refractivity contribution in [2.75, 3.05) is 6.61 Å². The number of hydrogen-bond donors (Lipinski definition) is 0. The van der Waals surface area contributed by atoms with Gasteiger partial charge in [-0.3, -0.25) is 0 Å². The summed E-state index contributed by atoms with van der Waals surface area (Å²) >= 11 is 0. The Kier molecular flexibility index (Phi) is 4.99. The zero-order valence-electron chi connectivity index (χ0n) is 18.6. The molecule has 0 unspecified atom stereocenters. The highest BCUT2D eigenvalue weighted by atomic mass is 16.5. The van der Waals surface area contributed by atoms with Gasteiger partial charge in [-0.25, -0.2) is 5.01 Å². The zero-order valence-corrected chi connectivity index (χ0v) is 18.6. The topological polar surface area (TPSA) is 34.1 Å². The first-order valence-electron chi connectivity index (χ1n) is 11.6. The van der Waals surface area contributed by atoms with Gasteiger partial charge < -0.3 is 9.47 Å². The Morgan fingerprint density at radius 3 is 2.58 bits per heavy atom. The van der Waals surface area contributed by atoms with Crippen LogP contribution in [0.15, 0.2) is 96.1 Å². The maximum Gasteiger partial charge on any atom is 0.213 e. The van der Waals surface area contributed by atoms with E-state index in [4.69, 9.17) is 14.6 Å². The number of fused-ring (bicyclic) bond motifs is 4. The zero-order chi connectivity index (χ0) is 22.2. The summed E-state index contributed by atoms with van der Waals surface area (Å²) in [5.74, 6) is 1.82. The van der Waals surface area contributed by atoms with Crippen molar-refractivity contribution in [2.24, 2.45) is 5.10 Å². The predicted molar refractivity (Wildman–Crippen MR) is 132 cm³/mol. The van der Waals surface area contributed by atoms with Gasteiger partial charge in [-0.15, -0.1) is 0 Å². The van der Waals surface area contributed by atoms with Gasteiger partial charge in [0.25, 0.3) is 0 Å². The van der Waals surface area contributed by atoms with Crippen LogP contribution in [0.1, 0.15) is 48.7 Å². The highest BCUT2D eigenvalue weighted by molar-refractivity contribution is 6.11. The van der Waals surface area contributed by atoms with Crippen molar-refractivity contribution in [2.45, 2.75) is 32.0 Å². The van der Waals surface area contributed by atoms with Crippen molar-refractivity contribution in [3.8, 4) is 11.5 Å². The Bertz CT molecular complexity index is 1320. The Morgan fingerprint density at radius 1 is 0.909 bits per heavy atom. The van der Waals surface area contributed by atoms with E-state index in [2.05, 4.69) is 84.7 Å². The lowest BCUT2D eigenvalue weighted by Gasteiger charge is -2.38. The molecule has 0 N–H and O–H groups in total. The van der Waals surface area contributed by atoms with Crippen molar-refractivity contribution in [3.05, 3.63) is 108 Å². The van der Waals surface area contributed by atoms with Gasteiger partial charge in [0.2, 0.25) is 6.23 Å². The summed E-state index contributed by atoms with van der Waals surface area (Å²) in [5.41, 5.74) is 4.56. The summed E-state index contributed by atoms with van der Waals surface area (Å²) < 4.78 is 12.3. The van der Waals surface area contributed by atoms with E-state index >= 15 is 0 Å². The number of para-hydroxylation sites is 1. The van der Waals surface area contributed by atoms with Gasteiger partial charge in [0.1, 0.15) is 11.5 Å². The van der Waals surface area contributed by atoms with E-state index in [-0.39, 0.29) is 12.3 Å². The molecule has 0 aliphatic carbocycles. The lowest BCUT2D eigenvalue weighted by Crippen LogP contribution is -2.33. The molecule has 0 saturated heterocycles. The third kappa shape index (κ3) is 3.52. The minimum Gasteiger partial charge on any atom is -0.494 e. The Morgan fingerprint density at radius 2 is 1.70 bits per heavy atom. The van der Waals surface area contributed by atoms with Crippen molar-refractivity contribution >= 4 is 16.5 Å². The number of benzene rings is 4. The molecule has 2 aliphatic rings. The Hall–Kier alpha value is -3.79. The van der Waals surface area contributed by atoms with Crippen molar-refractivity contribution in [3.63, 3.8) is 0 Å². The summed E-state index contributed by atoms with van der Waals surface area (Å²) in [6, 6.07) is 31.7. The second-order valence-corrected chi connectivity index (χ2v) is 8.60. The molecule has 6 rings (SSSR count). The molecule has 0 bridgehead atoms. The van der Waals surface area contributed by atoms with Gasteiger partial charge in [-0.2, -0.15) is 5.10 Å². The SMILES string of the molecule is CCCOc1ccc([C@H]2Oc3ccccc3[C@H]3CC(c4cccc5ccccc45)=NN32)cc1. The highest BCUT2D eigenvalue weighted by Crippen LogP contribution is 2.47. The molecule has 4 nitrogen and oxygen atoms in total. The minimum absolute atomic E-state index is 0.143. The van der Waals surface area contributed by atoms with E-state index in [1.807, 2.05) is 18.2 Å².